The van der Waals surface area contributed by atoms with Crippen LogP contribution in [-0.4, -0.2) is 25.9 Å². The normalized spacial score (nSPS) is 19.5. The number of benzene rings is 2. The van der Waals surface area contributed by atoms with Crippen molar-refractivity contribution >= 4 is 7.60 Å². The summed E-state index contributed by atoms with van der Waals surface area (Å²) >= 11 is 0. The Kier molecular flexibility index (Phi) is 6.46. The fraction of sp³-hybridized carbons (Fsp3) is 0.273. The molecule has 0 radical (unpaired) electrons. The predicted octanol–water partition coefficient (Wildman–Crippen LogP) is 5.11. The number of nitrogens with one attached hydrogen (secondary N) is 1. The summed E-state index contributed by atoms with van der Waals surface area (Å²) in [5, 5.41) is 3.76. The van der Waals surface area contributed by atoms with E-state index < -0.39 is 13.1 Å². The zero-order chi connectivity index (χ0) is 19.2. The molecule has 1 aliphatic rings. The van der Waals surface area contributed by atoms with Crippen molar-refractivity contribution in [3.8, 4) is 0 Å². The summed E-state index contributed by atoms with van der Waals surface area (Å²) in [7, 11) is -0.329. The van der Waals surface area contributed by atoms with Crippen LogP contribution in [0.25, 0.3) is 0 Å². The third-order valence-electron chi connectivity index (χ3n) is 4.87. The molecule has 142 valence electrons. The van der Waals surface area contributed by atoms with Gasteiger partial charge in [0, 0.05) is 14.2 Å². The average Bonchev–Trinajstić information content (AvgIpc) is 2.74. The Labute approximate surface area is 161 Å². The molecule has 0 aromatic heterocycles. The molecule has 0 saturated carbocycles. The van der Waals surface area contributed by atoms with Crippen molar-refractivity contribution in [1.29, 1.82) is 0 Å². The van der Waals surface area contributed by atoms with Gasteiger partial charge in [-0.15, -0.1) is 0 Å². The lowest BCUT2D eigenvalue weighted by molar-refractivity contribution is 0.262. The Morgan fingerprint density at radius 1 is 0.963 bits per heavy atom. The van der Waals surface area contributed by atoms with Crippen LogP contribution in [0.2, 0.25) is 0 Å². The molecule has 2 aromatic rings. The quantitative estimate of drug-likeness (QED) is 0.644. The minimum atomic E-state index is -3.20. The average molecular weight is 383 g/mol. The second kappa shape index (κ2) is 8.81. The molecule has 0 heterocycles. The van der Waals surface area contributed by atoms with E-state index >= 15 is 0 Å². The predicted molar refractivity (Wildman–Crippen MR) is 110 cm³/mol. The highest BCUT2D eigenvalue weighted by atomic mass is 31.2. The summed E-state index contributed by atoms with van der Waals surface area (Å²) in [5.41, 5.74) is 1.76. The van der Waals surface area contributed by atoms with Gasteiger partial charge in [-0.1, -0.05) is 85.0 Å². The first-order chi connectivity index (χ1) is 13.1. The van der Waals surface area contributed by atoms with E-state index in [1.165, 1.54) is 14.2 Å². The first-order valence-electron chi connectivity index (χ1n) is 9.02. The van der Waals surface area contributed by atoms with E-state index in [4.69, 9.17) is 9.05 Å². The van der Waals surface area contributed by atoms with Crippen LogP contribution in [0.1, 0.15) is 23.6 Å². The standard InChI is InChI=1S/C22H26NO3P/c1-25-27(24,26-2)18-22(16-10-5-11-17-22)23-21(19-12-6-3-7-13-19)20-14-8-4-9-15-20/h3-16,21,23H,17-18H2,1-2H3/t22-/m1/s1. The van der Waals surface area contributed by atoms with E-state index in [1.807, 2.05) is 48.6 Å². The molecule has 0 spiro atoms. The fourth-order valence-corrected chi connectivity index (χ4v) is 4.85. The fourth-order valence-electron chi connectivity index (χ4n) is 3.42. The molecular formula is C22H26NO3P. The van der Waals surface area contributed by atoms with E-state index in [0.717, 1.165) is 11.1 Å². The zero-order valence-electron chi connectivity index (χ0n) is 15.7. The molecule has 5 heteroatoms. The monoisotopic (exact) mass is 383 g/mol. The lowest BCUT2D eigenvalue weighted by Gasteiger charge is -2.38. The van der Waals surface area contributed by atoms with E-state index in [-0.39, 0.29) is 12.2 Å². The topological polar surface area (TPSA) is 47.6 Å². The molecule has 27 heavy (non-hydrogen) atoms. The van der Waals surface area contributed by atoms with Gasteiger partial charge in [0.2, 0.25) is 0 Å². The molecule has 0 saturated heterocycles. The van der Waals surface area contributed by atoms with Gasteiger partial charge in [0.25, 0.3) is 0 Å². The SMILES string of the molecule is COP(=O)(C[C@@]1(NC(c2ccccc2)c2ccccc2)C=CC=CC1)OC. The van der Waals surface area contributed by atoms with E-state index in [9.17, 15) is 4.57 Å². The Hall–Kier alpha value is -1.97. The molecule has 0 bridgehead atoms. The summed E-state index contributed by atoms with van der Waals surface area (Å²) in [6.45, 7) is 0. The maximum atomic E-state index is 12.9. The molecule has 0 aliphatic heterocycles. The smallest absolute Gasteiger partial charge is 0.312 e. The summed E-state index contributed by atoms with van der Waals surface area (Å²) in [5.74, 6) is 0. The van der Waals surface area contributed by atoms with Gasteiger partial charge in [0.1, 0.15) is 0 Å². The molecule has 1 N–H and O–H groups in total. The van der Waals surface area contributed by atoms with Crippen molar-refractivity contribution in [2.24, 2.45) is 0 Å². The highest BCUT2D eigenvalue weighted by Gasteiger charge is 2.39. The Balaban J connectivity index is 1.99. The van der Waals surface area contributed by atoms with Gasteiger partial charge in [-0.2, -0.15) is 0 Å². The molecule has 4 nitrogen and oxygen atoms in total. The van der Waals surface area contributed by atoms with E-state index in [0.29, 0.717) is 6.42 Å². The number of rotatable bonds is 8. The molecule has 2 aromatic carbocycles. The second-order valence-corrected chi connectivity index (χ2v) is 8.95. The van der Waals surface area contributed by atoms with Gasteiger partial charge in [0.05, 0.1) is 17.7 Å². The highest BCUT2D eigenvalue weighted by molar-refractivity contribution is 7.53. The van der Waals surface area contributed by atoms with Crippen LogP contribution in [-0.2, 0) is 13.6 Å². The minimum Gasteiger partial charge on any atom is -0.312 e. The lowest BCUT2D eigenvalue weighted by atomic mass is 9.89. The van der Waals surface area contributed by atoms with Crippen LogP contribution in [0.15, 0.2) is 85.0 Å². The summed E-state index contributed by atoms with van der Waals surface area (Å²) < 4.78 is 23.4. The van der Waals surface area contributed by atoms with Gasteiger partial charge in [-0.3, -0.25) is 9.88 Å². The molecule has 1 aliphatic carbocycles. The second-order valence-electron chi connectivity index (χ2n) is 6.68. The highest BCUT2D eigenvalue weighted by Crippen LogP contribution is 2.50. The van der Waals surface area contributed by atoms with Gasteiger partial charge in [-0.25, -0.2) is 0 Å². The molecule has 0 fully saturated rings. The molecule has 0 unspecified atom stereocenters. The van der Waals surface area contributed by atoms with Crippen molar-refractivity contribution in [2.45, 2.75) is 18.0 Å². The maximum Gasteiger partial charge on any atom is 0.332 e. The Morgan fingerprint density at radius 2 is 1.52 bits per heavy atom. The van der Waals surface area contributed by atoms with E-state index in [2.05, 4.69) is 41.7 Å². The first kappa shape index (κ1) is 19.8. The van der Waals surface area contributed by atoms with Gasteiger partial charge >= 0.3 is 7.60 Å². The van der Waals surface area contributed by atoms with Crippen molar-refractivity contribution in [2.75, 3.05) is 20.4 Å². The third-order valence-corrected chi connectivity index (χ3v) is 6.94. The van der Waals surface area contributed by atoms with E-state index in [1.54, 1.807) is 0 Å². The van der Waals surface area contributed by atoms with Gasteiger partial charge in [0.15, 0.2) is 0 Å². The van der Waals surface area contributed by atoms with Crippen LogP contribution >= 0.6 is 7.60 Å². The van der Waals surface area contributed by atoms with Gasteiger partial charge < -0.3 is 9.05 Å². The van der Waals surface area contributed by atoms with Crippen LogP contribution in [0, 0.1) is 0 Å². The number of hydrogen-bond donors (Lipinski definition) is 1. The lowest BCUT2D eigenvalue weighted by Crippen LogP contribution is -2.49. The molecule has 3 rings (SSSR count). The Bertz CT molecular complexity index is 788. The molecule has 0 amide bonds. The largest absolute Gasteiger partial charge is 0.332 e. The maximum absolute atomic E-state index is 12.9. The number of hydrogen-bond acceptors (Lipinski definition) is 4. The summed E-state index contributed by atoms with van der Waals surface area (Å²) in [6.07, 6.45) is 9.09. The molecule has 1 atom stereocenters. The third kappa shape index (κ3) is 4.85. The van der Waals surface area contributed by atoms with Crippen LogP contribution in [0.3, 0.4) is 0 Å². The van der Waals surface area contributed by atoms with Crippen molar-refractivity contribution in [3.05, 3.63) is 96.1 Å². The Morgan fingerprint density at radius 3 is 1.96 bits per heavy atom. The van der Waals surface area contributed by atoms with Crippen molar-refractivity contribution in [1.82, 2.24) is 5.32 Å². The minimum absolute atomic E-state index is 0.0503. The van der Waals surface area contributed by atoms with Crippen molar-refractivity contribution < 1.29 is 13.6 Å². The summed E-state index contributed by atoms with van der Waals surface area (Å²) in [6, 6.07) is 20.5. The zero-order valence-corrected chi connectivity index (χ0v) is 16.6. The first-order valence-corrected chi connectivity index (χ1v) is 10.7. The van der Waals surface area contributed by atoms with Crippen LogP contribution in [0.4, 0.5) is 0 Å². The molecular weight excluding hydrogens is 357 g/mol. The summed E-state index contributed by atoms with van der Waals surface area (Å²) in [4.78, 5) is 0. The number of allylic oxidation sites excluding steroid dienone is 2. The van der Waals surface area contributed by atoms with Crippen LogP contribution in [0.5, 0.6) is 0 Å². The van der Waals surface area contributed by atoms with Gasteiger partial charge in [-0.05, 0) is 17.5 Å². The van der Waals surface area contributed by atoms with Crippen LogP contribution < -0.4 is 5.32 Å². The van der Waals surface area contributed by atoms with Crippen molar-refractivity contribution in [3.63, 3.8) is 0 Å².